The lowest BCUT2D eigenvalue weighted by atomic mass is 10.3. The van der Waals surface area contributed by atoms with Gasteiger partial charge in [-0.3, -0.25) is 0 Å². The summed E-state index contributed by atoms with van der Waals surface area (Å²) < 4.78 is 2.58. The molecule has 1 N–H and O–H groups in total. The molecule has 0 unspecified atom stereocenters. The first kappa shape index (κ1) is 10.3. The Labute approximate surface area is 90.4 Å². The highest BCUT2D eigenvalue weighted by Crippen LogP contribution is 2.24. The molecular weight excluding hydrogens is 253 g/mol. The molecular formula is C9H7BrClNO. The van der Waals surface area contributed by atoms with Gasteiger partial charge in [0, 0.05) is 18.2 Å². The third kappa shape index (κ3) is 1.76. The average molecular weight is 261 g/mol. The van der Waals surface area contributed by atoms with Crippen molar-refractivity contribution in [1.82, 2.24) is 0 Å². The first-order chi connectivity index (χ1) is 5.79. The molecule has 2 rings (SSSR count). The minimum absolute atomic E-state index is 0. The third-order valence-electron chi connectivity index (χ3n) is 1.74. The molecule has 0 spiro atoms. The minimum atomic E-state index is 0. The van der Waals surface area contributed by atoms with Crippen molar-refractivity contribution in [3.8, 4) is 5.75 Å². The highest BCUT2D eigenvalue weighted by molar-refractivity contribution is 9.10. The van der Waals surface area contributed by atoms with Crippen LogP contribution in [0, 0.1) is 0 Å². The van der Waals surface area contributed by atoms with Gasteiger partial charge in [0.25, 0.3) is 5.52 Å². The lowest BCUT2D eigenvalue weighted by Crippen LogP contribution is -3.00. The molecule has 0 aliphatic carbocycles. The van der Waals surface area contributed by atoms with Crippen LogP contribution in [-0.4, -0.2) is 5.11 Å². The maximum Gasteiger partial charge on any atom is 0.253 e. The summed E-state index contributed by atoms with van der Waals surface area (Å²) in [6, 6.07) is 7.48. The van der Waals surface area contributed by atoms with Crippen molar-refractivity contribution < 1.29 is 21.9 Å². The molecule has 68 valence electrons. The monoisotopic (exact) mass is 259 g/mol. The van der Waals surface area contributed by atoms with E-state index in [1.54, 1.807) is 0 Å². The Bertz CT molecular complexity index is 433. The summed E-state index contributed by atoms with van der Waals surface area (Å²) in [5, 5.41) is 9.59. The fourth-order valence-corrected chi connectivity index (χ4v) is 1.46. The zero-order valence-electron chi connectivity index (χ0n) is 6.61. The molecule has 0 atom stereocenters. The van der Waals surface area contributed by atoms with E-state index >= 15 is 0 Å². The lowest BCUT2D eigenvalue weighted by molar-refractivity contribution is -0.512. The van der Waals surface area contributed by atoms with Crippen LogP contribution in [0.1, 0.15) is 0 Å². The maximum absolute atomic E-state index is 9.59. The molecule has 0 aliphatic heterocycles. The predicted molar refractivity (Wildman–Crippen MR) is 49.0 cm³/mol. The molecule has 0 aromatic carbocycles. The van der Waals surface area contributed by atoms with Crippen molar-refractivity contribution >= 4 is 21.4 Å². The van der Waals surface area contributed by atoms with Crippen LogP contribution in [-0.2, 0) is 0 Å². The number of pyridine rings is 2. The largest absolute Gasteiger partial charge is 1.00 e. The summed E-state index contributed by atoms with van der Waals surface area (Å²) in [5.74, 6) is 0.276. The molecule has 0 bridgehead atoms. The molecule has 2 aromatic rings. The lowest BCUT2D eigenvalue weighted by Gasteiger charge is -1.95. The molecule has 0 saturated heterocycles. The van der Waals surface area contributed by atoms with E-state index in [2.05, 4.69) is 15.9 Å². The summed E-state index contributed by atoms with van der Waals surface area (Å²) in [6.45, 7) is 0. The number of aromatic hydroxyl groups is 1. The van der Waals surface area contributed by atoms with E-state index in [1.165, 1.54) is 0 Å². The zero-order chi connectivity index (χ0) is 8.55. The van der Waals surface area contributed by atoms with Gasteiger partial charge >= 0.3 is 0 Å². The highest BCUT2D eigenvalue weighted by Gasteiger charge is 2.09. The van der Waals surface area contributed by atoms with E-state index in [0.29, 0.717) is 4.47 Å². The SMILES string of the molecule is Oc1c(Br)cc[n+]2ccccc12.[Cl-]. The zero-order valence-corrected chi connectivity index (χ0v) is 8.96. The van der Waals surface area contributed by atoms with Gasteiger partial charge in [-0.1, -0.05) is 0 Å². The van der Waals surface area contributed by atoms with E-state index in [-0.39, 0.29) is 18.2 Å². The van der Waals surface area contributed by atoms with Crippen molar-refractivity contribution in [2.45, 2.75) is 0 Å². The second-order valence-electron chi connectivity index (χ2n) is 2.51. The van der Waals surface area contributed by atoms with Crippen molar-refractivity contribution in [2.24, 2.45) is 0 Å². The summed E-state index contributed by atoms with van der Waals surface area (Å²) in [5.41, 5.74) is 0.798. The Morgan fingerprint density at radius 1 is 1.15 bits per heavy atom. The fraction of sp³-hybridized carbons (Fsp3) is 0. The van der Waals surface area contributed by atoms with Crippen LogP contribution in [0.4, 0.5) is 0 Å². The van der Waals surface area contributed by atoms with Gasteiger partial charge in [0.05, 0.1) is 4.47 Å². The third-order valence-corrected chi connectivity index (χ3v) is 2.38. The van der Waals surface area contributed by atoms with Gasteiger partial charge in [-0.15, -0.1) is 0 Å². The first-order valence-corrected chi connectivity index (χ1v) is 4.36. The van der Waals surface area contributed by atoms with Crippen LogP contribution >= 0.6 is 15.9 Å². The Kier molecular flexibility index (Phi) is 3.12. The number of rotatable bonds is 0. The van der Waals surface area contributed by atoms with Gasteiger partial charge in [0.15, 0.2) is 12.4 Å². The van der Waals surface area contributed by atoms with E-state index in [1.807, 2.05) is 41.1 Å². The summed E-state index contributed by atoms with van der Waals surface area (Å²) in [6.07, 6.45) is 3.78. The molecule has 0 fully saturated rings. The van der Waals surface area contributed by atoms with Gasteiger partial charge in [0.1, 0.15) is 0 Å². The van der Waals surface area contributed by atoms with Gasteiger partial charge in [0.2, 0.25) is 5.75 Å². The van der Waals surface area contributed by atoms with Crippen molar-refractivity contribution in [2.75, 3.05) is 0 Å². The van der Waals surface area contributed by atoms with Gasteiger partial charge < -0.3 is 17.5 Å². The standard InChI is InChI=1S/C9H6BrNO.ClH/c10-7-4-6-11-5-2-1-3-8(11)9(7)12;/h1-6H;1H. The number of hydrogen-bond donors (Lipinski definition) is 1. The minimum Gasteiger partial charge on any atom is -1.00 e. The summed E-state index contributed by atoms with van der Waals surface area (Å²) in [4.78, 5) is 0. The Balaban J connectivity index is 0.000000845. The summed E-state index contributed by atoms with van der Waals surface area (Å²) >= 11 is 3.25. The number of hydrogen-bond acceptors (Lipinski definition) is 1. The van der Waals surface area contributed by atoms with Crippen LogP contribution in [0.3, 0.4) is 0 Å². The van der Waals surface area contributed by atoms with Gasteiger partial charge in [-0.25, -0.2) is 0 Å². The van der Waals surface area contributed by atoms with Crippen LogP contribution < -0.4 is 16.8 Å². The molecule has 0 aliphatic rings. The quantitative estimate of drug-likeness (QED) is 0.598. The van der Waals surface area contributed by atoms with E-state index < -0.39 is 0 Å². The maximum atomic E-state index is 9.59. The summed E-state index contributed by atoms with van der Waals surface area (Å²) in [7, 11) is 0. The molecule has 0 saturated carbocycles. The van der Waals surface area contributed by atoms with E-state index in [0.717, 1.165) is 5.52 Å². The van der Waals surface area contributed by atoms with Crippen molar-refractivity contribution in [1.29, 1.82) is 0 Å². The Hall–Kier alpha value is -0.800. The van der Waals surface area contributed by atoms with E-state index in [4.69, 9.17) is 0 Å². The molecule has 2 heterocycles. The van der Waals surface area contributed by atoms with Crippen LogP contribution in [0.5, 0.6) is 5.75 Å². The topological polar surface area (TPSA) is 24.3 Å². The van der Waals surface area contributed by atoms with Crippen LogP contribution in [0.15, 0.2) is 41.1 Å². The molecule has 0 radical (unpaired) electrons. The highest BCUT2D eigenvalue weighted by atomic mass is 79.9. The van der Waals surface area contributed by atoms with Gasteiger partial charge in [-0.2, -0.15) is 4.40 Å². The number of fused-ring (bicyclic) bond motifs is 1. The molecule has 2 nitrogen and oxygen atoms in total. The van der Waals surface area contributed by atoms with Gasteiger partial charge in [-0.05, 0) is 22.0 Å². The molecule has 13 heavy (non-hydrogen) atoms. The van der Waals surface area contributed by atoms with Crippen molar-refractivity contribution in [3.63, 3.8) is 0 Å². The Morgan fingerprint density at radius 2 is 1.92 bits per heavy atom. The van der Waals surface area contributed by atoms with Crippen molar-refractivity contribution in [3.05, 3.63) is 41.1 Å². The smallest absolute Gasteiger partial charge is 0.253 e. The van der Waals surface area contributed by atoms with E-state index in [9.17, 15) is 5.11 Å². The van der Waals surface area contributed by atoms with Crippen LogP contribution in [0.2, 0.25) is 0 Å². The average Bonchev–Trinajstić information content (AvgIpc) is 2.12. The first-order valence-electron chi connectivity index (χ1n) is 3.56. The normalized spacial score (nSPS) is 9.62. The second kappa shape index (κ2) is 3.94. The second-order valence-corrected chi connectivity index (χ2v) is 3.36. The van der Waals surface area contributed by atoms with Crippen LogP contribution in [0.25, 0.3) is 5.52 Å². The molecule has 0 amide bonds. The molecule has 2 aromatic heterocycles. The number of nitrogens with zero attached hydrogens (tertiary/aromatic N) is 1. The number of halogens is 2. The fourth-order valence-electron chi connectivity index (χ4n) is 1.13. The Morgan fingerprint density at radius 3 is 2.69 bits per heavy atom. The predicted octanol–water partition coefficient (Wildman–Crippen LogP) is -1.10. The molecule has 4 heteroatoms. The number of aromatic nitrogens is 1.